The molecule has 0 heterocycles. The summed E-state index contributed by atoms with van der Waals surface area (Å²) in [4.78, 5) is 23.5. The Morgan fingerprint density at radius 1 is 1.23 bits per heavy atom. The van der Waals surface area contributed by atoms with Crippen LogP contribution in [0.2, 0.25) is 0 Å². The van der Waals surface area contributed by atoms with Crippen molar-refractivity contribution in [3.63, 3.8) is 0 Å². The van der Waals surface area contributed by atoms with Gasteiger partial charge in [-0.15, -0.1) is 0 Å². The first-order valence-electron chi connectivity index (χ1n) is 7.50. The van der Waals surface area contributed by atoms with Crippen molar-refractivity contribution in [3.05, 3.63) is 24.3 Å². The number of hydrogen-bond donors (Lipinski definition) is 2. The van der Waals surface area contributed by atoms with Crippen LogP contribution in [0.3, 0.4) is 0 Å². The van der Waals surface area contributed by atoms with E-state index in [0.717, 1.165) is 12.2 Å². The number of benzene rings is 1. The van der Waals surface area contributed by atoms with Gasteiger partial charge in [-0.3, -0.25) is 20.4 Å². The Hall–Kier alpha value is -2.24. The zero-order valence-corrected chi connectivity index (χ0v) is 13.1. The monoisotopic (exact) mass is 306 g/mol. The Morgan fingerprint density at radius 2 is 1.82 bits per heavy atom. The van der Waals surface area contributed by atoms with Crippen LogP contribution < -0.4 is 20.3 Å². The summed E-state index contributed by atoms with van der Waals surface area (Å²) in [5.41, 5.74) is 4.82. The van der Waals surface area contributed by atoms with Crippen LogP contribution in [-0.2, 0) is 9.59 Å². The Labute approximate surface area is 130 Å². The van der Waals surface area contributed by atoms with Crippen LogP contribution >= 0.6 is 0 Å². The summed E-state index contributed by atoms with van der Waals surface area (Å²) in [6, 6.07) is 7.03. The molecule has 0 aromatic heterocycles. The van der Waals surface area contributed by atoms with E-state index in [1.807, 2.05) is 13.8 Å². The number of amides is 2. The molecule has 0 saturated heterocycles. The van der Waals surface area contributed by atoms with E-state index >= 15 is 0 Å². The fourth-order valence-electron chi connectivity index (χ4n) is 2.04. The quantitative estimate of drug-likeness (QED) is 0.784. The van der Waals surface area contributed by atoms with Crippen molar-refractivity contribution in [1.29, 1.82) is 0 Å². The molecule has 2 rings (SSSR count). The van der Waals surface area contributed by atoms with Crippen LogP contribution in [0.1, 0.15) is 27.2 Å². The van der Waals surface area contributed by atoms with Crippen molar-refractivity contribution < 1.29 is 19.1 Å². The first-order chi connectivity index (χ1) is 10.5. The second kappa shape index (κ2) is 7.15. The molecule has 2 amide bonds. The van der Waals surface area contributed by atoms with Crippen LogP contribution in [0, 0.1) is 11.8 Å². The summed E-state index contributed by atoms with van der Waals surface area (Å²) in [6.07, 6.45) is 0.162. The van der Waals surface area contributed by atoms with Crippen molar-refractivity contribution in [2.75, 3.05) is 6.61 Å². The summed E-state index contributed by atoms with van der Waals surface area (Å²) in [7, 11) is 0. The number of ether oxygens (including phenoxy) is 2. The normalized spacial score (nSPS) is 20.7. The number of hydrogen-bond acceptors (Lipinski definition) is 4. The lowest BCUT2D eigenvalue weighted by molar-refractivity contribution is -0.133. The lowest BCUT2D eigenvalue weighted by Gasteiger charge is -2.15. The maximum absolute atomic E-state index is 11.9. The van der Waals surface area contributed by atoms with Gasteiger partial charge in [0.2, 0.25) is 5.91 Å². The topological polar surface area (TPSA) is 76.7 Å². The van der Waals surface area contributed by atoms with Gasteiger partial charge < -0.3 is 9.47 Å². The molecule has 2 N–H and O–H groups in total. The third-order valence-corrected chi connectivity index (χ3v) is 3.57. The average Bonchev–Trinajstić information content (AvgIpc) is 3.23. The van der Waals surface area contributed by atoms with E-state index in [1.54, 1.807) is 31.2 Å². The maximum atomic E-state index is 11.9. The molecule has 1 aromatic rings. The first-order valence-corrected chi connectivity index (χ1v) is 7.50. The summed E-state index contributed by atoms with van der Waals surface area (Å²) < 4.78 is 10.9. The van der Waals surface area contributed by atoms with Crippen LogP contribution in [-0.4, -0.2) is 24.5 Å². The molecular weight excluding hydrogens is 284 g/mol. The van der Waals surface area contributed by atoms with Crippen LogP contribution in [0.5, 0.6) is 11.5 Å². The molecule has 6 nitrogen and oxygen atoms in total. The van der Waals surface area contributed by atoms with Crippen molar-refractivity contribution in [2.45, 2.75) is 33.3 Å². The summed E-state index contributed by atoms with van der Waals surface area (Å²) in [5.74, 6) is 1.19. The standard InChI is InChI=1S/C16H22N2O4/c1-4-21-12-5-7-13(8-6-12)22-11(3)15(19)17-18-16(20)14-9-10(14)2/h5-8,10-11,14H,4,9H2,1-3H3,(H,17,19)(H,18,20). The molecule has 1 aliphatic carbocycles. The predicted molar refractivity (Wildman–Crippen MR) is 81.3 cm³/mol. The number of carbonyl (C=O) groups is 2. The van der Waals surface area contributed by atoms with Crippen LogP contribution in [0.4, 0.5) is 0 Å². The van der Waals surface area contributed by atoms with Gasteiger partial charge >= 0.3 is 0 Å². The lowest BCUT2D eigenvalue weighted by atomic mass is 10.3. The van der Waals surface area contributed by atoms with Gasteiger partial charge in [-0.2, -0.15) is 0 Å². The minimum absolute atomic E-state index is 0.0163. The van der Waals surface area contributed by atoms with Crippen molar-refractivity contribution >= 4 is 11.8 Å². The number of nitrogens with one attached hydrogen (secondary N) is 2. The molecule has 1 fully saturated rings. The van der Waals surface area contributed by atoms with Gasteiger partial charge in [-0.1, -0.05) is 6.92 Å². The van der Waals surface area contributed by atoms with Gasteiger partial charge in [0.1, 0.15) is 11.5 Å². The second-order valence-electron chi connectivity index (χ2n) is 5.46. The molecule has 0 spiro atoms. The van der Waals surface area contributed by atoms with Crippen molar-refractivity contribution in [3.8, 4) is 11.5 Å². The minimum atomic E-state index is -0.713. The van der Waals surface area contributed by atoms with E-state index in [9.17, 15) is 9.59 Å². The third-order valence-electron chi connectivity index (χ3n) is 3.57. The van der Waals surface area contributed by atoms with Gasteiger partial charge in [0.25, 0.3) is 5.91 Å². The molecule has 1 aromatic carbocycles. The van der Waals surface area contributed by atoms with E-state index in [2.05, 4.69) is 10.9 Å². The molecule has 0 aliphatic heterocycles. The highest BCUT2D eigenvalue weighted by Gasteiger charge is 2.39. The molecule has 3 unspecified atom stereocenters. The number of hydrazine groups is 1. The fraction of sp³-hybridized carbons (Fsp3) is 0.500. The first kappa shape index (κ1) is 16.1. The Morgan fingerprint density at radius 3 is 2.36 bits per heavy atom. The highest BCUT2D eigenvalue weighted by Crippen LogP contribution is 2.37. The van der Waals surface area contributed by atoms with Crippen LogP contribution in [0.25, 0.3) is 0 Å². The summed E-state index contributed by atoms with van der Waals surface area (Å²) in [5, 5.41) is 0. The number of rotatable bonds is 6. The van der Waals surface area contributed by atoms with E-state index in [1.165, 1.54) is 0 Å². The smallest absolute Gasteiger partial charge is 0.279 e. The van der Waals surface area contributed by atoms with Gasteiger partial charge in [0.15, 0.2) is 6.10 Å². The van der Waals surface area contributed by atoms with Crippen molar-refractivity contribution in [1.82, 2.24) is 10.9 Å². The zero-order valence-electron chi connectivity index (χ0n) is 13.1. The molecule has 22 heavy (non-hydrogen) atoms. The molecule has 3 atom stereocenters. The molecule has 6 heteroatoms. The van der Waals surface area contributed by atoms with E-state index in [4.69, 9.17) is 9.47 Å². The Bertz CT molecular complexity index is 529. The summed E-state index contributed by atoms with van der Waals surface area (Å²) in [6.45, 7) is 6.13. The highest BCUT2D eigenvalue weighted by atomic mass is 16.5. The average molecular weight is 306 g/mol. The largest absolute Gasteiger partial charge is 0.494 e. The molecule has 0 bridgehead atoms. The molecule has 120 valence electrons. The molecule has 1 saturated carbocycles. The third kappa shape index (κ3) is 4.38. The Balaban J connectivity index is 1.76. The van der Waals surface area contributed by atoms with Gasteiger partial charge in [-0.05, 0) is 50.5 Å². The second-order valence-corrected chi connectivity index (χ2v) is 5.46. The van der Waals surface area contributed by atoms with Gasteiger partial charge in [-0.25, -0.2) is 0 Å². The summed E-state index contributed by atoms with van der Waals surface area (Å²) >= 11 is 0. The van der Waals surface area contributed by atoms with E-state index in [-0.39, 0.29) is 11.8 Å². The van der Waals surface area contributed by atoms with Gasteiger partial charge in [0.05, 0.1) is 6.61 Å². The maximum Gasteiger partial charge on any atom is 0.279 e. The lowest BCUT2D eigenvalue weighted by Crippen LogP contribution is -2.47. The molecule has 0 radical (unpaired) electrons. The zero-order chi connectivity index (χ0) is 16.1. The molecular formula is C16H22N2O4. The molecule has 1 aliphatic rings. The number of carbonyl (C=O) groups excluding carboxylic acids is 2. The fourth-order valence-corrected chi connectivity index (χ4v) is 2.04. The van der Waals surface area contributed by atoms with E-state index in [0.29, 0.717) is 18.3 Å². The minimum Gasteiger partial charge on any atom is -0.494 e. The van der Waals surface area contributed by atoms with Crippen molar-refractivity contribution in [2.24, 2.45) is 11.8 Å². The highest BCUT2D eigenvalue weighted by molar-refractivity contribution is 5.86. The predicted octanol–water partition coefficient (Wildman–Crippen LogP) is 1.66. The van der Waals surface area contributed by atoms with E-state index < -0.39 is 12.0 Å². The SMILES string of the molecule is CCOc1ccc(OC(C)C(=O)NNC(=O)C2CC2C)cc1. The Kier molecular flexibility index (Phi) is 5.25. The van der Waals surface area contributed by atoms with Crippen LogP contribution in [0.15, 0.2) is 24.3 Å². The van der Waals surface area contributed by atoms with Gasteiger partial charge in [0, 0.05) is 5.92 Å².